The van der Waals surface area contributed by atoms with Gasteiger partial charge in [-0.05, 0) is 36.0 Å². The number of hydrogen-bond donors (Lipinski definition) is 0. The average molecular weight is 917 g/mol. The number of rotatable bonds is 10. The Hall–Kier alpha value is -5.42. The van der Waals surface area contributed by atoms with Crippen LogP contribution in [-0.4, -0.2) is 29.5 Å². The molecule has 0 saturated carbocycles. The second kappa shape index (κ2) is 17.5. The number of para-hydroxylation sites is 2. The fourth-order valence-electron chi connectivity index (χ4n) is 9.32. The maximum atomic E-state index is 16.9. The molecular formula is C46H40BF15N2. The lowest BCUT2D eigenvalue weighted by molar-refractivity contribution is -0.442. The predicted octanol–water partition coefficient (Wildman–Crippen LogP) is 11.9. The average Bonchev–Trinajstić information content (AvgIpc) is 3.26. The van der Waals surface area contributed by atoms with Gasteiger partial charge in [0.2, 0.25) is 6.34 Å². The molecule has 0 radical (unpaired) electrons. The molecule has 0 saturated heterocycles. The van der Waals surface area contributed by atoms with Crippen LogP contribution in [-0.2, 0) is 0 Å². The SMILES string of the molecule is CC(C)c1cccc(C(C)C)c1N1C=[N+](c2c(C(C)C)cccc2C(C)C)CCC1[B-](c1c(F)c(F)c(F)c(F)c1F)(c1c(F)c(F)c(F)c(F)c1F)c1c(F)c(F)c(F)c(F)c1F. The van der Waals surface area contributed by atoms with Crippen LogP contribution in [0.25, 0.3) is 0 Å². The quantitative estimate of drug-likeness (QED) is 0.0445. The molecule has 1 unspecified atom stereocenters. The van der Waals surface area contributed by atoms with E-state index in [4.69, 9.17) is 0 Å². The summed E-state index contributed by atoms with van der Waals surface area (Å²) in [6.07, 6.45) is -5.87. The van der Waals surface area contributed by atoms with Crippen molar-refractivity contribution in [3.8, 4) is 0 Å². The molecule has 18 heteroatoms. The van der Waals surface area contributed by atoms with Crippen molar-refractivity contribution in [3.05, 3.63) is 146 Å². The molecule has 5 aromatic rings. The van der Waals surface area contributed by atoms with Gasteiger partial charge >= 0.3 is 0 Å². The smallest absolute Gasteiger partial charge is 0.241 e. The molecule has 0 amide bonds. The van der Waals surface area contributed by atoms with E-state index >= 15 is 52.7 Å². The normalized spacial score (nSPS) is 14.8. The van der Waals surface area contributed by atoms with E-state index in [-0.39, 0.29) is 28.7 Å². The Morgan fingerprint density at radius 2 is 0.688 bits per heavy atom. The second-order valence-corrected chi connectivity index (χ2v) is 17.1. The van der Waals surface area contributed by atoms with Gasteiger partial charge in [0.1, 0.15) is 46.3 Å². The molecule has 0 spiro atoms. The molecule has 2 nitrogen and oxygen atoms in total. The Labute approximate surface area is 358 Å². The first-order valence-electron chi connectivity index (χ1n) is 20.2. The van der Waals surface area contributed by atoms with Crippen LogP contribution in [0.15, 0.2) is 36.4 Å². The number of benzene rings is 5. The van der Waals surface area contributed by atoms with E-state index in [2.05, 4.69) is 0 Å². The van der Waals surface area contributed by atoms with Gasteiger partial charge in [0.15, 0.2) is 58.5 Å². The first kappa shape index (κ1) is 48.1. The van der Waals surface area contributed by atoms with E-state index in [1.165, 1.54) is 16.7 Å². The minimum absolute atomic E-state index is 0.113. The van der Waals surface area contributed by atoms with E-state index in [1.54, 1.807) is 52.0 Å². The molecule has 64 heavy (non-hydrogen) atoms. The molecule has 1 aliphatic heterocycles. The summed E-state index contributed by atoms with van der Waals surface area (Å²) in [5.41, 5.74) is -5.75. The van der Waals surface area contributed by atoms with Gasteiger partial charge in [-0.3, -0.25) is 4.90 Å². The van der Waals surface area contributed by atoms with Crippen LogP contribution in [0.2, 0.25) is 0 Å². The molecule has 0 aromatic heterocycles. The highest BCUT2D eigenvalue weighted by Gasteiger charge is 2.57. The van der Waals surface area contributed by atoms with Gasteiger partial charge in [-0.1, -0.05) is 91.8 Å². The van der Waals surface area contributed by atoms with Gasteiger partial charge in [-0.2, -0.15) is 0 Å². The monoisotopic (exact) mass is 916 g/mol. The van der Waals surface area contributed by atoms with Gasteiger partial charge in [0.25, 0.3) is 0 Å². The Morgan fingerprint density at radius 1 is 0.422 bits per heavy atom. The maximum Gasteiger partial charge on any atom is 0.241 e. The summed E-state index contributed by atoms with van der Waals surface area (Å²) in [6, 6.07) is 9.75. The third-order valence-electron chi connectivity index (χ3n) is 12.2. The summed E-state index contributed by atoms with van der Waals surface area (Å²) in [5, 5.41) is 0. The van der Waals surface area contributed by atoms with Crippen LogP contribution in [0.1, 0.15) is 108 Å². The van der Waals surface area contributed by atoms with E-state index in [9.17, 15) is 13.2 Å². The van der Waals surface area contributed by atoms with E-state index in [0.29, 0.717) is 16.8 Å². The number of halogens is 15. The summed E-state index contributed by atoms with van der Waals surface area (Å²) >= 11 is 0. The van der Waals surface area contributed by atoms with Gasteiger partial charge in [-0.25, -0.2) is 70.4 Å². The van der Waals surface area contributed by atoms with Crippen LogP contribution in [0.4, 0.5) is 77.2 Å². The van der Waals surface area contributed by atoms with Crippen molar-refractivity contribution in [2.75, 3.05) is 11.4 Å². The van der Waals surface area contributed by atoms with Crippen LogP contribution < -0.4 is 21.3 Å². The van der Waals surface area contributed by atoms with Crippen LogP contribution in [0.3, 0.4) is 0 Å². The summed E-state index contributed by atoms with van der Waals surface area (Å²) < 4.78 is 242. The fourth-order valence-corrected chi connectivity index (χ4v) is 9.32. The second-order valence-electron chi connectivity index (χ2n) is 17.1. The molecule has 1 aliphatic rings. The van der Waals surface area contributed by atoms with E-state index in [1.807, 2.05) is 27.7 Å². The topological polar surface area (TPSA) is 6.25 Å². The zero-order valence-electron chi connectivity index (χ0n) is 35.5. The minimum Gasteiger partial charge on any atom is -0.265 e. The highest BCUT2D eigenvalue weighted by Crippen LogP contribution is 2.43. The molecular weight excluding hydrogens is 876 g/mol. The highest BCUT2D eigenvalue weighted by atomic mass is 19.2. The van der Waals surface area contributed by atoms with Crippen LogP contribution >= 0.6 is 0 Å². The van der Waals surface area contributed by atoms with Gasteiger partial charge in [0, 0.05) is 22.3 Å². The Kier molecular flexibility index (Phi) is 13.2. The molecule has 0 fully saturated rings. The number of nitrogens with zero attached hydrogens (tertiary/aromatic N) is 2. The molecule has 0 bridgehead atoms. The third-order valence-corrected chi connectivity index (χ3v) is 12.2. The lowest BCUT2D eigenvalue weighted by Crippen LogP contribution is -2.82. The minimum atomic E-state index is -5.97. The Bertz CT molecular complexity index is 2420. The van der Waals surface area contributed by atoms with E-state index < -0.39 is 141 Å². The molecule has 5 aromatic carbocycles. The van der Waals surface area contributed by atoms with Gasteiger partial charge in [0.05, 0.1) is 6.54 Å². The van der Waals surface area contributed by atoms with Crippen LogP contribution in [0.5, 0.6) is 0 Å². The van der Waals surface area contributed by atoms with Gasteiger partial charge in [-0.15, -0.1) is 16.4 Å². The number of anilines is 1. The zero-order valence-corrected chi connectivity index (χ0v) is 35.5. The highest BCUT2D eigenvalue weighted by molar-refractivity contribution is 7.13. The summed E-state index contributed by atoms with van der Waals surface area (Å²) in [7, 11) is 0. The fraction of sp³-hybridized carbons (Fsp3) is 0.326. The standard InChI is InChI=1S/C46H40BF15N2/c1-18(2)22-11-9-12-23(19(3)4)45(22)63-16-15-26(64(17-63)46-24(20(5)6)13-10-14-25(46)21(7)8)47(27-30(48)36(54)42(60)37(55)31(27)49,28-32(50)38(56)43(61)39(57)33(28)51)29-34(52)40(58)44(62)41(59)35(29)53/h9-14,17-21,26H,15-16H2,1-8H3. The molecule has 6 rings (SSSR count). The lowest BCUT2D eigenvalue weighted by atomic mass is 9.11. The number of hydrogen-bond acceptors (Lipinski definition) is 1. The zero-order chi connectivity index (χ0) is 47.8. The van der Waals surface area contributed by atoms with Crippen molar-refractivity contribution in [3.63, 3.8) is 0 Å². The van der Waals surface area contributed by atoms with Crippen molar-refractivity contribution in [2.45, 2.75) is 91.4 Å². The lowest BCUT2D eigenvalue weighted by Gasteiger charge is -2.51. The maximum absolute atomic E-state index is 16.9. The molecule has 1 atom stereocenters. The first-order chi connectivity index (χ1) is 29.9. The summed E-state index contributed by atoms with van der Waals surface area (Å²) in [4.78, 5) is 0.892. The third kappa shape index (κ3) is 7.22. The summed E-state index contributed by atoms with van der Waals surface area (Å²) in [5.74, 6) is -49.8. The van der Waals surface area contributed by atoms with Gasteiger partial charge < -0.3 is 0 Å². The first-order valence-corrected chi connectivity index (χ1v) is 20.2. The largest absolute Gasteiger partial charge is 0.265 e. The molecule has 0 N–H and O–H groups in total. The van der Waals surface area contributed by atoms with Crippen molar-refractivity contribution in [1.82, 2.24) is 0 Å². The van der Waals surface area contributed by atoms with Crippen molar-refractivity contribution < 1.29 is 70.4 Å². The van der Waals surface area contributed by atoms with Crippen molar-refractivity contribution in [1.29, 1.82) is 0 Å². The molecule has 342 valence electrons. The molecule has 0 aliphatic carbocycles. The summed E-state index contributed by atoms with van der Waals surface area (Å²) in [6.45, 7) is 13.2. The molecule has 1 heterocycles. The van der Waals surface area contributed by atoms with Crippen LogP contribution in [0, 0.1) is 87.3 Å². The van der Waals surface area contributed by atoms with Crippen molar-refractivity contribution >= 4 is 40.2 Å². The van der Waals surface area contributed by atoms with Crippen molar-refractivity contribution in [2.24, 2.45) is 0 Å². The van der Waals surface area contributed by atoms with E-state index in [0.717, 1.165) is 11.2 Å². The predicted molar refractivity (Wildman–Crippen MR) is 214 cm³/mol. The Balaban J connectivity index is 2.04. The Morgan fingerprint density at radius 3 is 0.969 bits per heavy atom.